The Kier molecular flexibility index (Phi) is 4.57. The smallest absolute Gasteiger partial charge is 0.273 e. The predicted octanol–water partition coefficient (Wildman–Crippen LogP) is 2.81. The molecule has 1 aromatic carbocycles. The lowest BCUT2D eigenvalue weighted by Gasteiger charge is -2.38. The fourth-order valence-electron chi connectivity index (χ4n) is 2.89. The number of hydrazine groups is 1. The SMILES string of the molecule is Cc1c(C(=O)NN2[C@@H](C)CCC[C@@H]2C)cccc1[N+](=O)[O-]. The Morgan fingerprint density at radius 1 is 1.33 bits per heavy atom. The first-order valence-electron chi connectivity index (χ1n) is 7.25. The number of nitrogens with one attached hydrogen (secondary N) is 1. The molecule has 21 heavy (non-hydrogen) atoms. The second-order valence-corrected chi connectivity index (χ2v) is 5.68. The van der Waals surface area contributed by atoms with E-state index in [1.807, 2.05) is 5.01 Å². The summed E-state index contributed by atoms with van der Waals surface area (Å²) in [6.45, 7) is 5.77. The fourth-order valence-corrected chi connectivity index (χ4v) is 2.89. The molecular weight excluding hydrogens is 270 g/mol. The number of amides is 1. The van der Waals surface area contributed by atoms with Crippen molar-refractivity contribution in [1.29, 1.82) is 0 Å². The standard InChI is InChI=1S/C15H21N3O3/c1-10-6-4-7-11(2)17(10)16-15(19)13-8-5-9-14(12(13)3)18(20)21/h5,8-11H,4,6-7H2,1-3H3,(H,16,19)/t10-,11-/m0/s1. The van der Waals surface area contributed by atoms with Gasteiger partial charge in [0, 0.05) is 23.7 Å². The van der Waals surface area contributed by atoms with Gasteiger partial charge in [0.05, 0.1) is 10.5 Å². The van der Waals surface area contributed by atoms with Crippen LogP contribution in [0.5, 0.6) is 0 Å². The molecule has 114 valence electrons. The van der Waals surface area contributed by atoms with E-state index in [4.69, 9.17) is 0 Å². The lowest BCUT2D eigenvalue weighted by Crippen LogP contribution is -2.54. The molecule has 0 saturated carbocycles. The number of carbonyl (C=O) groups excluding carboxylic acids is 1. The molecule has 0 radical (unpaired) electrons. The molecular formula is C15H21N3O3. The molecule has 2 atom stereocenters. The van der Waals surface area contributed by atoms with Gasteiger partial charge in [-0.2, -0.15) is 0 Å². The third-order valence-corrected chi connectivity index (χ3v) is 4.17. The molecule has 2 rings (SSSR count). The zero-order valence-electron chi connectivity index (χ0n) is 12.6. The van der Waals surface area contributed by atoms with Crippen LogP contribution in [0.4, 0.5) is 5.69 Å². The van der Waals surface area contributed by atoms with E-state index in [0.717, 1.165) is 19.3 Å². The molecule has 6 nitrogen and oxygen atoms in total. The summed E-state index contributed by atoms with van der Waals surface area (Å²) >= 11 is 0. The van der Waals surface area contributed by atoms with E-state index in [9.17, 15) is 14.9 Å². The van der Waals surface area contributed by atoms with Crippen LogP contribution in [-0.2, 0) is 0 Å². The van der Waals surface area contributed by atoms with Gasteiger partial charge in [-0.3, -0.25) is 20.3 Å². The highest BCUT2D eigenvalue weighted by Gasteiger charge is 2.27. The minimum absolute atomic E-state index is 0.0256. The summed E-state index contributed by atoms with van der Waals surface area (Å²) in [5.41, 5.74) is 3.64. The topological polar surface area (TPSA) is 75.5 Å². The van der Waals surface area contributed by atoms with Crippen molar-refractivity contribution in [3.05, 3.63) is 39.4 Å². The number of carbonyl (C=O) groups is 1. The van der Waals surface area contributed by atoms with Crippen molar-refractivity contribution in [1.82, 2.24) is 10.4 Å². The zero-order chi connectivity index (χ0) is 15.6. The zero-order valence-corrected chi connectivity index (χ0v) is 12.6. The van der Waals surface area contributed by atoms with Crippen molar-refractivity contribution in [2.24, 2.45) is 0 Å². The first-order valence-corrected chi connectivity index (χ1v) is 7.25. The van der Waals surface area contributed by atoms with Gasteiger partial charge in [-0.25, -0.2) is 5.01 Å². The summed E-state index contributed by atoms with van der Waals surface area (Å²) in [6, 6.07) is 5.13. The van der Waals surface area contributed by atoms with Crippen LogP contribution >= 0.6 is 0 Å². The number of nitrogens with zero attached hydrogens (tertiary/aromatic N) is 2. The van der Waals surface area contributed by atoms with Gasteiger partial charge in [-0.15, -0.1) is 0 Å². The number of rotatable bonds is 3. The van der Waals surface area contributed by atoms with Crippen molar-refractivity contribution in [3.8, 4) is 0 Å². The summed E-state index contributed by atoms with van der Waals surface area (Å²) in [5, 5.41) is 12.9. The summed E-state index contributed by atoms with van der Waals surface area (Å²) in [4.78, 5) is 22.9. The predicted molar refractivity (Wildman–Crippen MR) is 79.9 cm³/mol. The lowest BCUT2D eigenvalue weighted by molar-refractivity contribution is -0.385. The molecule has 0 aromatic heterocycles. The van der Waals surface area contributed by atoms with Crippen LogP contribution in [0.3, 0.4) is 0 Å². The Balaban J connectivity index is 2.21. The van der Waals surface area contributed by atoms with Crippen LogP contribution in [-0.4, -0.2) is 27.9 Å². The van der Waals surface area contributed by atoms with Crippen molar-refractivity contribution in [2.75, 3.05) is 0 Å². The Bertz CT molecular complexity index is 549. The van der Waals surface area contributed by atoms with Crippen LogP contribution in [0.25, 0.3) is 0 Å². The average Bonchev–Trinajstić information content (AvgIpc) is 2.42. The first-order chi connectivity index (χ1) is 9.91. The van der Waals surface area contributed by atoms with Crippen LogP contribution in [0.15, 0.2) is 18.2 Å². The van der Waals surface area contributed by atoms with Gasteiger partial charge in [-0.05, 0) is 39.7 Å². The van der Waals surface area contributed by atoms with Gasteiger partial charge in [0.1, 0.15) is 0 Å². The number of hydrogen-bond donors (Lipinski definition) is 1. The number of nitro groups is 1. The molecule has 1 saturated heterocycles. The largest absolute Gasteiger partial charge is 0.284 e. The van der Waals surface area contributed by atoms with E-state index in [1.165, 1.54) is 6.07 Å². The molecule has 6 heteroatoms. The number of nitro benzene ring substituents is 1. The monoisotopic (exact) mass is 291 g/mol. The van der Waals surface area contributed by atoms with E-state index in [-0.39, 0.29) is 23.7 Å². The number of hydrogen-bond acceptors (Lipinski definition) is 4. The van der Waals surface area contributed by atoms with E-state index in [2.05, 4.69) is 19.3 Å². The maximum atomic E-state index is 12.4. The summed E-state index contributed by atoms with van der Waals surface area (Å²) in [6.07, 6.45) is 3.24. The maximum Gasteiger partial charge on any atom is 0.273 e. The van der Waals surface area contributed by atoms with Crippen LogP contribution in [0, 0.1) is 17.0 Å². The molecule has 0 bridgehead atoms. The van der Waals surface area contributed by atoms with Gasteiger partial charge in [0.25, 0.3) is 11.6 Å². The fraction of sp³-hybridized carbons (Fsp3) is 0.533. The molecule has 1 N–H and O–H groups in total. The van der Waals surface area contributed by atoms with Gasteiger partial charge in [0.15, 0.2) is 0 Å². The molecule has 0 unspecified atom stereocenters. The highest BCUT2D eigenvalue weighted by molar-refractivity contribution is 5.96. The third kappa shape index (κ3) is 3.21. The minimum Gasteiger partial charge on any atom is -0.284 e. The molecule has 0 aliphatic carbocycles. The van der Waals surface area contributed by atoms with Crippen molar-refractivity contribution >= 4 is 11.6 Å². The van der Waals surface area contributed by atoms with E-state index < -0.39 is 4.92 Å². The van der Waals surface area contributed by atoms with Crippen LogP contribution in [0.1, 0.15) is 49.0 Å². The maximum absolute atomic E-state index is 12.4. The quantitative estimate of drug-likeness (QED) is 0.686. The Hall–Kier alpha value is -1.95. The van der Waals surface area contributed by atoms with Crippen molar-refractivity contribution < 1.29 is 9.72 Å². The molecule has 1 amide bonds. The van der Waals surface area contributed by atoms with E-state index in [1.54, 1.807) is 19.1 Å². The number of piperidine rings is 1. The Morgan fingerprint density at radius 3 is 2.52 bits per heavy atom. The number of benzene rings is 1. The summed E-state index contributed by atoms with van der Waals surface area (Å²) < 4.78 is 0. The second kappa shape index (κ2) is 6.22. The Morgan fingerprint density at radius 2 is 1.95 bits per heavy atom. The van der Waals surface area contributed by atoms with Crippen LogP contribution in [0.2, 0.25) is 0 Å². The molecule has 1 aliphatic rings. The molecule has 1 heterocycles. The van der Waals surface area contributed by atoms with Crippen molar-refractivity contribution in [2.45, 2.75) is 52.1 Å². The van der Waals surface area contributed by atoms with E-state index >= 15 is 0 Å². The van der Waals surface area contributed by atoms with Crippen molar-refractivity contribution in [3.63, 3.8) is 0 Å². The Labute approximate surface area is 124 Å². The normalized spacial score (nSPS) is 22.8. The summed E-state index contributed by atoms with van der Waals surface area (Å²) in [5.74, 6) is -0.281. The highest BCUT2D eigenvalue weighted by atomic mass is 16.6. The molecule has 1 aliphatic heterocycles. The molecule has 1 fully saturated rings. The second-order valence-electron chi connectivity index (χ2n) is 5.68. The molecule has 0 spiro atoms. The summed E-state index contributed by atoms with van der Waals surface area (Å²) in [7, 11) is 0. The van der Waals surface area contributed by atoms with Gasteiger partial charge in [-0.1, -0.05) is 12.5 Å². The van der Waals surface area contributed by atoms with Gasteiger partial charge in [0.2, 0.25) is 0 Å². The first kappa shape index (κ1) is 15.4. The third-order valence-electron chi connectivity index (χ3n) is 4.17. The van der Waals surface area contributed by atoms with Crippen LogP contribution < -0.4 is 5.43 Å². The minimum atomic E-state index is -0.460. The lowest BCUT2D eigenvalue weighted by atomic mass is 9.99. The van der Waals surface area contributed by atoms with Gasteiger partial charge >= 0.3 is 0 Å². The van der Waals surface area contributed by atoms with E-state index in [0.29, 0.717) is 11.1 Å². The molecule has 1 aromatic rings. The average molecular weight is 291 g/mol. The highest BCUT2D eigenvalue weighted by Crippen LogP contribution is 2.23. The van der Waals surface area contributed by atoms with Gasteiger partial charge < -0.3 is 0 Å².